The minimum absolute atomic E-state index is 0.133. The molecule has 3 unspecified atom stereocenters. The summed E-state index contributed by atoms with van der Waals surface area (Å²) >= 11 is 0. The summed E-state index contributed by atoms with van der Waals surface area (Å²) in [7, 11) is 2.19. The van der Waals surface area contributed by atoms with Crippen LogP contribution in [0.15, 0.2) is 29.4 Å². The fraction of sp³-hybridized carbons (Fsp3) is 0.593. The Balaban J connectivity index is 1.29. The molecule has 1 aromatic heterocycles. The second kappa shape index (κ2) is 9.61. The van der Waals surface area contributed by atoms with Crippen LogP contribution >= 0.6 is 0 Å². The maximum Gasteiger partial charge on any atom is 0.151 e. The van der Waals surface area contributed by atoms with Crippen molar-refractivity contribution < 1.29 is 5.11 Å². The molecule has 0 saturated carbocycles. The number of nitrogens with zero attached hydrogens (tertiary/aromatic N) is 7. The van der Waals surface area contributed by atoms with Crippen molar-refractivity contribution in [2.45, 2.75) is 38.9 Å². The van der Waals surface area contributed by atoms with Gasteiger partial charge in [0.2, 0.25) is 0 Å². The van der Waals surface area contributed by atoms with Gasteiger partial charge in [0.15, 0.2) is 5.82 Å². The van der Waals surface area contributed by atoms with Gasteiger partial charge in [-0.3, -0.25) is 5.01 Å². The van der Waals surface area contributed by atoms with Crippen molar-refractivity contribution in [2.75, 3.05) is 69.3 Å². The lowest BCUT2D eigenvalue weighted by Crippen LogP contribution is -2.45. The quantitative estimate of drug-likeness (QED) is 0.588. The SMILES string of the molecule is CC1CN(CCO)N=C1c1ccc2c(c1)CN(c1cc(N3CCN(C)CC3)nc(C3CN3)n1)C(C)C2. The lowest BCUT2D eigenvalue weighted by Gasteiger charge is -2.37. The molecule has 2 saturated heterocycles. The van der Waals surface area contributed by atoms with E-state index in [2.05, 4.69) is 65.2 Å². The summed E-state index contributed by atoms with van der Waals surface area (Å²) in [6.45, 7) is 12.0. The number of benzene rings is 1. The number of aromatic nitrogens is 2. The van der Waals surface area contributed by atoms with Crippen LogP contribution in [0.2, 0.25) is 0 Å². The summed E-state index contributed by atoms with van der Waals surface area (Å²) in [6.07, 6.45) is 0.999. The van der Waals surface area contributed by atoms with E-state index in [0.717, 1.165) is 75.4 Å². The van der Waals surface area contributed by atoms with Crippen LogP contribution in [0.25, 0.3) is 0 Å². The molecule has 0 bridgehead atoms. The molecule has 3 atom stereocenters. The van der Waals surface area contributed by atoms with Gasteiger partial charge < -0.3 is 25.1 Å². The van der Waals surface area contributed by atoms with E-state index in [9.17, 15) is 5.11 Å². The predicted molar refractivity (Wildman–Crippen MR) is 143 cm³/mol. The molecule has 6 rings (SSSR count). The Morgan fingerprint density at radius 3 is 2.56 bits per heavy atom. The molecule has 9 heteroatoms. The molecule has 1 aromatic carbocycles. The minimum Gasteiger partial charge on any atom is -0.394 e. The van der Waals surface area contributed by atoms with Crippen LogP contribution in [0.3, 0.4) is 0 Å². The number of piperazine rings is 1. The Morgan fingerprint density at radius 1 is 1.03 bits per heavy atom. The van der Waals surface area contributed by atoms with Gasteiger partial charge in [0.1, 0.15) is 11.6 Å². The molecule has 0 spiro atoms. The lowest BCUT2D eigenvalue weighted by molar-refractivity contribution is 0.207. The largest absolute Gasteiger partial charge is 0.394 e. The Bertz CT molecular complexity index is 1140. The number of β-amino-alcohol motifs (C(OH)–C–C–N with tert-alkyl or cyclic N) is 1. The first-order valence-corrected chi connectivity index (χ1v) is 13.4. The summed E-state index contributed by atoms with van der Waals surface area (Å²) in [5.41, 5.74) is 5.09. The summed E-state index contributed by atoms with van der Waals surface area (Å²) in [5.74, 6) is 3.37. The smallest absolute Gasteiger partial charge is 0.151 e. The molecule has 0 aliphatic carbocycles. The average molecular weight is 491 g/mol. The second-order valence-electron chi connectivity index (χ2n) is 10.9. The number of aliphatic hydroxyl groups is 1. The van der Waals surface area contributed by atoms with Crippen LogP contribution < -0.4 is 15.1 Å². The van der Waals surface area contributed by atoms with Crippen molar-refractivity contribution >= 4 is 17.3 Å². The average Bonchev–Trinajstić information content (AvgIpc) is 3.66. The normalized spacial score (nSPS) is 26.3. The van der Waals surface area contributed by atoms with Gasteiger partial charge in [-0.1, -0.05) is 19.1 Å². The first kappa shape index (κ1) is 23.6. The van der Waals surface area contributed by atoms with Crippen LogP contribution in [0.1, 0.15) is 42.4 Å². The van der Waals surface area contributed by atoms with Crippen LogP contribution in [-0.2, 0) is 13.0 Å². The zero-order chi connectivity index (χ0) is 24.8. The van der Waals surface area contributed by atoms with Crippen molar-refractivity contribution in [2.24, 2.45) is 11.0 Å². The molecule has 0 amide bonds. The highest BCUT2D eigenvalue weighted by atomic mass is 16.3. The summed E-state index contributed by atoms with van der Waals surface area (Å²) in [5, 5.41) is 19.5. The van der Waals surface area contributed by atoms with Crippen molar-refractivity contribution in [3.63, 3.8) is 0 Å². The van der Waals surface area contributed by atoms with E-state index in [4.69, 9.17) is 15.1 Å². The van der Waals surface area contributed by atoms with Gasteiger partial charge in [-0.2, -0.15) is 5.10 Å². The fourth-order valence-electron chi connectivity index (χ4n) is 5.68. The molecular weight excluding hydrogens is 452 g/mol. The van der Waals surface area contributed by atoms with Crippen molar-refractivity contribution in [1.82, 2.24) is 25.2 Å². The standard InChI is InChI=1S/C27H38N8O/c1-18-16-34(10-11-36)31-26(18)21-5-4-20-12-19(2)35(17-22(20)13-21)25-14-24(29-27(30-25)23-15-28-23)33-8-6-32(3)7-9-33/h4-5,13-14,18-19,23,28,36H,6-12,15-17H2,1-3H3. The number of aliphatic hydroxyl groups excluding tert-OH is 1. The van der Waals surface area contributed by atoms with Gasteiger partial charge in [0, 0.05) is 63.8 Å². The monoisotopic (exact) mass is 490 g/mol. The number of rotatable bonds is 6. The molecule has 2 fully saturated rings. The molecule has 2 aromatic rings. The lowest BCUT2D eigenvalue weighted by atomic mass is 9.90. The first-order chi connectivity index (χ1) is 17.5. The molecule has 4 aliphatic rings. The third-order valence-corrected chi connectivity index (χ3v) is 8.01. The van der Waals surface area contributed by atoms with Crippen molar-refractivity contribution in [3.05, 3.63) is 46.8 Å². The topological polar surface area (TPSA) is 93.3 Å². The summed E-state index contributed by atoms with van der Waals surface area (Å²) in [4.78, 5) is 17.3. The molecule has 0 radical (unpaired) electrons. The molecule has 9 nitrogen and oxygen atoms in total. The van der Waals surface area contributed by atoms with E-state index < -0.39 is 0 Å². The van der Waals surface area contributed by atoms with Gasteiger partial charge in [-0.05, 0) is 43.1 Å². The maximum atomic E-state index is 9.33. The second-order valence-corrected chi connectivity index (χ2v) is 10.9. The van der Waals surface area contributed by atoms with E-state index in [0.29, 0.717) is 18.5 Å². The van der Waals surface area contributed by atoms with E-state index in [1.807, 2.05) is 5.01 Å². The predicted octanol–water partition coefficient (Wildman–Crippen LogP) is 1.47. The van der Waals surface area contributed by atoms with Crippen LogP contribution in [0.5, 0.6) is 0 Å². The van der Waals surface area contributed by atoms with Crippen LogP contribution in [0.4, 0.5) is 11.6 Å². The summed E-state index contributed by atoms with van der Waals surface area (Å²) in [6, 6.07) is 9.69. The zero-order valence-corrected chi connectivity index (χ0v) is 21.7. The van der Waals surface area contributed by atoms with Gasteiger partial charge in [-0.25, -0.2) is 9.97 Å². The number of hydrogen-bond donors (Lipinski definition) is 2. The van der Waals surface area contributed by atoms with Crippen LogP contribution in [0, 0.1) is 5.92 Å². The highest BCUT2D eigenvalue weighted by Gasteiger charge is 2.31. The molecule has 192 valence electrons. The number of fused-ring (bicyclic) bond motifs is 1. The van der Waals surface area contributed by atoms with E-state index in [-0.39, 0.29) is 12.6 Å². The molecule has 4 aliphatic heterocycles. The first-order valence-electron chi connectivity index (χ1n) is 13.4. The third kappa shape index (κ3) is 4.67. The number of hydrogen-bond acceptors (Lipinski definition) is 9. The van der Waals surface area contributed by atoms with E-state index in [1.165, 1.54) is 16.7 Å². The number of hydrazone groups is 1. The summed E-state index contributed by atoms with van der Waals surface area (Å²) < 4.78 is 0. The van der Waals surface area contributed by atoms with Gasteiger partial charge in [0.05, 0.1) is 24.9 Å². The maximum absolute atomic E-state index is 9.33. The number of likely N-dealkylation sites (N-methyl/N-ethyl adjacent to an activating group) is 1. The Labute approximate surface area is 213 Å². The Morgan fingerprint density at radius 2 is 1.81 bits per heavy atom. The molecule has 5 heterocycles. The fourth-order valence-corrected chi connectivity index (χ4v) is 5.68. The number of nitrogens with one attached hydrogen (secondary N) is 1. The van der Waals surface area contributed by atoms with Crippen molar-refractivity contribution in [3.8, 4) is 0 Å². The van der Waals surface area contributed by atoms with Gasteiger partial charge >= 0.3 is 0 Å². The number of anilines is 2. The van der Waals surface area contributed by atoms with Gasteiger partial charge in [0.25, 0.3) is 0 Å². The highest BCUT2D eigenvalue weighted by Crippen LogP contribution is 2.33. The third-order valence-electron chi connectivity index (χ3n) is 8.01. The highest BCUT2D eigenvalue weighted by molar-refractivity contribution is 6.03. The van der Waals surface area contributed by atoms with Crippen LogP contribution in [-0.4, -0.2) is 96.2 Å². The van der Waals surface area contributed by atoms with Gasteiger partial charge in [-0.15, -0.1) is 0 Å². The molecule has 2 N–H and O–H groups in total. The molecular formula is C27H38N8O. The van der Waals surface area contributed by atoms with E-state index in [1.54, 1.807) is 0 Å². The van der Waals surface area contributed by atoms with Crippen molar-refractivity contribution in [1.29, 1.82) is 0 Å². The zero-order valence-electron chi connectivity index (χ0n) is 21.7. The van der Waals surface area contributed by atoms with E-state index >= 15 is 0 Å². The molecule has 36 heavy (non-hydrogen) atoms. The minimum atomic E-state index is 0.133. The Hall–Kier alpha value is -2.75. The Kier molecular flexibility index (Phi) is 6.31.